The topological polar surface area (TPSA) is 129 Å². The van der Waals surface area contributed by atoms with E-state index in [1.54, 1.807) is 18.2 Å². The van der Waals surface area contributed by atoms with E-state index in [1.807, 2.05) is 0 Å². The lowest BCUT2D eigenvalue weighted by atomic mass is 10.1. The van der Waals surface area contributed by atoms with Crippen molar-refractivity contribution in [2.24, 2.45) is 0 Å². The Balaban J connectivity index is 2.09. The van der Waals surface area contributed by atoms with Crippen LogP contribution in [0.15, 0.2) is 47.1 Å². The second-order valence-corrected chi connectivity index (χ2v) is 4.95. The van der Waals surface area contributed by atoms with Crippen molar-refractivity contribution in [3.05, 3.63) is 54.0 Å². The van der Waals surface area contributed by atoms with E-state index in [0.717, 1.165) is 0 Å². The molecule has 0 radical (unpaired) electrons. The summed E-state index contributed by atoms with van der Waals surface area (Å²) in [5.74, 6) is -2.44. The van der Waals surface area contributed by atoms with E-state index < -0.39 is 30.3 Å². The van der Waals surface area contributed by atoms with Crippen LogP contribution in [0.25, 0.3) is 0 Å². The number of carboxylic acids is 2. The van der Waals surface area contributed by atoms with Gasteiger partial charge in [0.05, 0.1) is 36.5 Å². The van der Waals surface area contributed by atoms with E-state index in [-0.39, 0.29) is 17.8 Å². The lowest BCUT2D eigenvalue weighted by Crippen LogP contribution is -2.41. The summed E-state index contributed by atoms with van der Waals surface area (Å²) in [6, 6.07) is 8.20. The van der Waals surface area contributed by atoms with Crippen LogP contribution in [-0.4, -0.2) is 34.1 Å². The predicted octanol–water partition coefficient (Wildman–Crippen LogP) is 1.55. The average Bonchev–Trinajstić information content (AvgIpc) is 3.04. The molecule has 2 aromatic rings. The van der Waals surface area contributed by atoms with Crippen molar-refractivity contribution in [2.45, 2.75) is 19.0 Å². The third-order valence-electron chi connectivity index (χ3n) is 3.21. The third kappa shape index (κ3) is 4.68. The number of carboxylic acid groups (broad SMARTS) is 2. The number of carbonyl (C=O) groups is 3. The number of hydrogen-bond donors (Lipinski definition) is 4. The lowest BCUT2D eigenvalue weighted by Gasteiger charge is -2.17. The van der Waals surface area contributed by atoms with Crippen LogP contribution in [0.4, 0.5) is 5.69 Å². The summed E-state index contributed by atoms with van der Waals surface area (Å²) < 4.78 is 5.12. The first kappa shape index (κ1) is 17.2. The Morgan fingerprint density at radius 3 is 2.46 bits per heavy atom. The van der Waals surface area contributed by atoms with Gasteiger partial charge in [-0.25, -0.2) is 4.79 Å². The molecule has 1 atom stereocenters. The zero-order valence-corrected chi connectivity index (χ0v) is 12.6. The van der Waals surface area contributed by atoms with Crippen LogP contribution in [-0.2, 0) is 16.1 Å². The molecule has 0 aliphatic rings. The second-order valence-electron chi connectivity index (χ2n) is 4.95. The Kier molecular flexibility index (Phi) is 5.69. The molecule has 0 bridgehead atoms. The summed E-state index contributed by atoms with van der Waals surface area (Å²) in [6.45, 7) is 0.166. The minimum absolute atomic E-state index is 0.0778. The monoisotopic (exact) mass is 332 g/mol. The van der Waals surface area contributed by atoms with E-state index in [0.29, 0.717) is 5.76 Å². The van der Waals surface area contributed by atoms with Gasteiger partial charge in [0.25, 0.3) is 0 Å². The standard InChI is InChI=1S/C16H16N2O6/c19-14(20)8-13(17-9-10-4-3-7-24-10)15(21)18-12-6-2-1-5-11(12)16(22)23/h1-7,13,17H,8-9H2,(H,18,21)(H,19,20)(H,22,23)/t13-/m0/s1. The highest BCUT2D eigenvalue weighted by Gasteiger charge is 2.23. The van der Waals surface area contributed by atoms with Crippen LogP contribution >= 0.6 is 0 Å². The molecule has 4 N–H and O–H groups in total. The van der Waals surface area contributed by atoms with E-state index >= 15 is 0 Å². The Bertz CT molecular complexity index is 726. The van der Waals surface area contributed by atoms with E-state index in [2.05, 4.69) is 10.6 Å². The summed E-state index contributed by atoms with van der Waals surface area (Å²) in [5.41, 5.74) is 0.0242. The van der Waals surface area contributed by atoms with Crippen molar-refractivity contribution in [2.75, 3.05) is 5.32 Å². The Hall–Kier alpha value is -3.13. The van der Waals surface area contributed by atoms with Gasteiger partial charge < -0.3 is 19.9 Å². The van der Waals surface area contributed by atoms with Crippen LogP contribution in [0.5, 0.6) is 0 Å². The van der Waals surface area contributed by atoms with Crippen LogP contribution in [0, 0.1) is 0 Å². The first-order chi connectivity index (χ1) is 11.5. The van der Waals surface area contributed by atoms with Crippen molar-refractivity contribution in [1.82, 2.24) is 5.32 Å². The highest BCUT2D eigenvalue weighted by atomic mass is 16.4. The van der Waals surface area contributed by atoms with Gasteiger partial charge in [-0.2, -0.15) is 0 Å². The molecule has 1 aromatic carbocycles. The average molecular weight is 332 g/mol. The molecule has 0 fully saturated rings. The SMILES string of the molecule is O=C(O)C[C@H](NCc1ccco1)C(=O)Nc1ccccc1C(=O)O. The second kappa shape index (κ2) is 7.93. The van der Waals surface area contributed by atoms with E-state index in [4.69, 9.17) is 14.6 Å². The van der Waals surface area contributed by atoms with Crippen molar-refractivity contribution < 1.29 is 29.0 Å². The first-order valence-electron chi connectivity index (χ1n) is 7.08. The molecule has 24 heavy (non-hydrogen) atoms. The minimum Gasteiger partial charge on any atom is -0.481 e. The molecular weight excluding hydrogens is 316 g/mol. The fourth-order valence-corrected chi connectivity index (χ4v) is 2.07. The number of aliphatic carboxylic acids is 1. The summed E-state index contributed by atoms with van der Waals surface area (Å²) >= 11 is 0. The summed E-state index contributed by atoms with van der Waals surface area (Å²) in [7, 11) is 0. The molecule has 0 spiro atoms. The minimum atomic E-state index is -1.19. The van der Waals surface area contributed by atoms with Gasteiger partial charge in [0.15, 0.2) is 0 Å². The van der Waals surface area contributed by atoms with Gasteiger partial charge in [-0.1, -0.05) is 12.1 Å². The Labute approximate surface area is 137 Å². The fourth-order valence-electron chi connectivity index (χ4n) is 2.07. The number of amides is 1. The molecule has 0 saturated heterocycles. The normalized spacial score (nSPS) is 11.7. The van der Waals surface area contributed by atoms with Gasteiger partial charge in [-0.15, -0.1) is 0 Å². The molecule has 8 nitrogen and oxygen atoms in total. The molecule has 126 valence electrons. The van der Waals surface area contributed by atoms with Crippen LogP contribution < -0.4 is 10.6 Å². The molecule has 1 aromatic heterocycles. The van der Waals surface area contributed by atoms with Crippen LogP contribution in [0.2, 0.25) is 0 Å². The molecule has 2 rings (SSSR count). The number of nitrogens with one attached hydrogen (secondary N) is 2. The summed E-state index contributed by atoms with van der Waals surface area (Å²) in [6.07, 6.45) is 1.01. The number of carbonyl (C=O) groups excluding carboxylic acids is 1. The van der Waals surface area contributed by atoms with Gasteiger partial charge in [-0.3, -0.25) is 14.9 Å². The highest BCUT2D eigenvalue weighted by molar-refractivity contribution is 6.02. The first-order valence-corrected chi connectivity index (χ1v) is 7.08. The molecule has 1 heterocycles. The maximum absolute atomic E-state index is 12.3. The molecular formula is C16H16N2O6. The van der Waals surface area contributed by atoms with Crippen molar-refractivity contribution >= 4 is 23.5 Å². The van der Waals surface area contributed by atoms with Crippen molar-refractivity contribution in [1.29, 1.82) is 0 Å². The van der Waals surface area contributed by atoms with Gasteiger partial charge in [0, 0.05) is 0 Å². The zero-order valence-electron chi connectivity index (χ0n) is 12.6. The van der Waals surface area contributed by atoms with Gasteiger partial charge in [0.1, 0.15) is 5.76 Å². The molecule has 1 amide bonds. The van der Waals surface area contributed by atoms with E-state index in [9.17, 15) is 14.4 Å². The number of benzene rings is 1. The third-order valence-corrected chi connectivity index (χ3v) is 3.21. The Morgan fingerprint density at radius 2 is 1.83 bits per heavy atom. The number of rotatable bonds is 8. The van der Waals surface area contributed by atoms with Gasteiger partial charge in [-0.05, 0) is 24.3 Å². The summed E-state index contributed by atoms with van der Waals surface area (Å²) in [5, 5.41) is 23.3. The van der Waals surface area contributed by atoms with E-state index in [1.165, 1.54) is 24.5 Å². The molecule has 0 saturated carbocycles. The lowest BCUT2D eigenvalue weighted by molar-refractivity contribution is -0.139. The van der Waals surface area contributed by atoms with Crippen molar-refractivity contribution in [3.8, 4) is 0 Å². The van der Waals surface area contributed by atoms with Crippen molar-refractivity contribution in [3.63, 3.8) is 0 Å². The summed E-state index contributed by atoms with van der Waals surface area (Å²) in [4.78, 5) is 34.4. The van der Waals surface area contributed by atoms with Gasteiger partial charge in [0.2, 0.25) is 5.91 Å². The number of furan rings is 1. The molecule has 0 unspecified atom stereocenters. The maximum Gasteiger partial charge on any atom is 0.337 e. The quantitative estimate of drug-likeness (QED) is 0.577. The van der Waals surface area contributed by atoms with Crippen LogP contribution in [0.1, 0.15) is 22.5 Å². The van der Waals surface area contributed by atoms with Crippen LogP contribution in [0.3, 0.4) is 0 Å². The number of anilines is 1. The molecule has 0 aliphatic heterocycles. The largest absolute Gasteiger partial charge is 0.481 e. The number of hydrogen-bond acceptors (Lipinski definition) is 5. The Morgan fingerprint density at radius 1 is 1.08 bits per heavy atom. The van der Waals surface area contributed by atoms with Gasteiger partial charge >= 0.3 is 11.9 Å². The fraction of sp³-hybridized carbons (Fsp3) is 0.188. The number of para-hydroxylation sites is 1. The number of aromatic carboxylic acids is 1. The molecule has 8 heteroatoms. The predicted molar refractivity (Wildman–Crippen MR) is 83.6 cm³/mol. The smallest absolute Gasteiger partial charge is 0.337 e. The highest BCUT2D eigenvalue weighted by Crippen LogP contribution is 2.15. The molecule has 0 aliphatic carbocycles. The maximum atomic E-state index is 12.3. The zero-order chi connectivity index (χ0) is 17.5.